The van der Waals surface area contributed by atoms with Crippen molar-refractivity contribution in [2.75, 3.05) is 0 Å². The number of benzene rings is 1. The van der Waals surface area contributed by atoms with Gasteiger partial charge < -0.3 is 5.32 Å². The van der Waals surface area contributed by atoms with Gasteiger partial charge in [-0.15, -0.1) is 11.8 Å². The van der Waals surface area contributed by atoms with E-state index in [9.17, 15) is 4.79 Å². The van der Waals surface area contributed by atoms with Gasteiger partial charge in [-0.1, -0.05) is 48.1 Å². The molecule has 1 fully saturated rings. The molecule has 0 radical (unpaired) electrons. The molecule has 1 heterocycles. The van der Waals surface area contributed by atoms with E-state index in [0.717, 1.165) is 18.4 Å². The van der Waals surface area contributed by atoms with Gasteiger partial charge in [-0.2, -0.15) is 0 Å². The summed E-state index contributed by atoms with van der Waals surface area (Å²) in [6, 6.07) is 3.64. The van der Waals surface area contributed by atoms with Crippen LogP contribution in [0.1, 0.15) is 31.7 Å². The van der Waals surface area contributed by atoms with Crippen LogP contribution in [-0.2, 0) is 10.5 Å². The van der Waals surface area contributed by atoms with Gasteiger partial charge in [0.25, 0.3) is 0 Å². The van der Waals surface area contributed by atoms with Crippen molar-refractivity contribution in [3.63, 3.8) is 0 Å². The zero-order chi connectivity index (χ0) is 15.4. The van der Waals surface area contributed by atoms with Crippen LogP contribution >= 0.6 is 46.6 Å². The first-order valence-corrected chi connectivity index (χ1v) is 8.99. The Balaban J connectivity index is 1.99. The molecule has 3 nitrogen and oxygen atoms in total. The Kier molecular flexibility index (Phi) is 6.51. The quantitative estimate of drug-likeness (QED) is 0.756. The highest BCUT2D eigenvalue weighted by Gasteiger charge is 2.25. The van der Waals surface area contributed by atoms with Crippen molar-refractivity contribution in [1.82, 2.24) is 10.6 Å². The van der Waals surface area contributed by atoms with Gasteiger partial charge in [0.05, 0.1) is 10.0 Å². The molecule has 1 amide bonds. The molecule has 2 unspecified atom stereocenters. The third kappa shape index (κ3) is 4.67. The fourth-order valence-corrected chi connectivity index (χ4v) is 4.21. The van der Waals surface area contributed by atoms with Crippen LogP contribution in [0.15, 0.2) is 12.1 Å². The molecule has 1 aromatic rings. The predicted octanol–water partition coefficient (Wildman–Crippen LogP) is 4.44. The summed E-state index contributed by atoms with van der Waals surface area (Å²) >= 11 is 19.9. The van der Waals surface area contributed by atoms with Crippen molar-refractivity contribution in [2.45, 2.75) is 43.5 Å². The van der Waals surface area contributed by atoms with Crippen molar-refractivity contribution in [1.29, 1.82) is 0 Å². The summed E-state index contributed by atoms with van der Waals surface area (Å²) in [5.41, 5.74) is 0.665. The van der Waals surface area contributed by atoms with Crippen LogP contribution in [0, 0.1) is 0 Å². The lowest BCUT2D eigenvalue weighted by Crippen LogP contribution is -2.54. The molecule has 2 N–H and O–H groups in total. The van der Waals surface area contributed by atoms with E-state index in [1.807, 2.05) is 0 Å². The molecule has 21 heavy (non-hydrogen) atoms. The summed E-state index contributed by atoms with van der Waals surface area (Å²) in [7, 11) is 0. The average molecular weight is 368 g/mol. The first-order valence-electron chi connectivity index (χ1n) is 6.80. The van der Waals surface area contributed by atoms with E-state index in [-0.39, 0.29) is 17.4 Å². The molecule has 1 aromatic carbocycles. The summed E-state index contributed by atoms with van der Waals surface area (Å²) in [6.07, 6.45) is 2.57. The Hall–Kier alpha value is -0.130. The highest BCUT2D eigenvalue weighted by molar-refractivity contribution is 7.99. The van der Waals surface area contributed by atoms with Crippen molar-refractivity contribution in [2.24, 2.45) is 0 Å². The van der Waals surface area contributed by atoms with Crippen LogP contribution in [0.3, 0.4) is 0 Å². The van der Waals surface area contributed by atoms with Gasteiger partial charge in [-0.25, -0.2) is 0 Å². The molecule has 1 aliphatic rings. The molecule has 1 aliphatic heterocycles. The van der Waals surface area contributed by atoms with E-state index in [0.29, 0.717) is 27.2 Å². The van der Waals surface area contributed by atoms with Crippen LogP contribution in [0.4, 0.5) is 0 Å². The molecule has 0 bridgehead atoms. The monoisotopic (exact) mass is 366 g/mol. The van der Waals surface area contributed by atoms with Crippen molar-refractivity contribution >= 4 is 52.5 Å². The topological polar surface area (TPSA) is 41.1 Å². The third-order valence-electron chi connectivity index (χ3n) is 3.28. The lowest BCUT2D eigenvalue weighted by molar-refractivity contribution is -0.123. The Morgan fingerprint density at radius 1 is 1.29 bits per heavy atom. The second-order valence-electron chi connectivity index (χ2n) is 4.94. The average Bonchev–Trinajstić information content (AvgIpc) is 2.43. The molecule has 7 heteroatoms. The number of carbonyl (C=O) groups is 1. The maximum Gasteiger partial charge on any atom is 0.223 e. The number of nitrogens with one attached hydrogen (secondary N) is 2. The highest BCUT2D eigenvalue weighted by atomic mass is 35.5. The number of amides is 1. The van der Waals surface area contributed by atoms with Crippen LogP contribution in [0.2, 0.25) is 15.1 Å². The predicted molar refractivity (Wildman–Crippen MR) is 91.1 cm³/mol. The molecular formula is C14H17Cl3N2OS. The van der Waals surface area contributed by atoms with E-state index in [4.69, 9.17) is 34.8 Å². The zero-order valence-corrected chi connectivity index (χ0v) is 14.7. The molecule has 2 atom stereocenters. The highest BCUT2D eigenvalue weighted by Crippen LogP contribution is 2.34. The molecule has 0 aliphatic carbocycles. The second-order valence-corrected chi connectivity index (χ2v) is 7.22. The van der Waals surface area contributed by atoms with Crippen LogP contribution in [0.25, 0.3) is 0 Å². The number of halogens is 3. The summed E-state index contributed by atoms with van der Waals surface area (Å²) in [5, 5.41) is 7.89. The third-order valence-corrected chi connectivity index (χ3v) is 5.52. The largest absolute Gasteiger partial charge is 0.332 e. The minimum atomic E-state index is -0.131. The molecule has 0 saturated carbocycles. The fourth-order valence-electron chi connectivity index (χ4n) is 2.24. The first-order chi connectivity index (χ1) is 10.0. The van der Waals surface area contributed by atoms with Crippen LogP contribution in [-0.4, -0.2) is 17.4 Å². The maximum atomic E-state index is 11.7. The molecule has 116 valence electrons. The normalized spacial score (nSPS) is 22.2. The van der Waals surface area contributed by atoms with E-state index >= 15 is 0 Å². The molecular weight excluding hydrogens is 351 g/mol. The fraction of sp³-hybridized carbons (Fsp3) is 0.500. The lowest BCUT2D eigenvalue weighted by atomic mass is 10.1. The van der Waals surface area contributed by atoms with Gasteiger partial charge in [0.1, 0.15) is 5.50 Å². The number of hydrogen-bond acceptors (Lipinski definition) is 3. The van der Waals surface area contributed by atoms with Gasteiger partial charge >= 0.3 is 0 Å². The Morgan fingerprint density at radius 2 is 2.00 bits per heavy atom. The molecule has 0 aromatic heterocycles. The van der Waals surface area contributed by atoms with Crippen molar-refractivity contribution in [3.8, 4) is 0 Å². The maximum absolute atomic E-state index is 11.7. The van der Waals surface area contributed by atoms with E-state index in [1.54, 1.807) is 23.9 Å². The second kappa shape index (κ2) is 7.93. The summed E-state index contributed by atoms with van der Waals surface area (Å²) in [6.45, 7) is 2.11. The van der Waals surface area contributed by atoms with Gasteiger partial charge in [0.2, 0.25) is 5.91 Å². The number of hydrogen-bond donors (Lipinski definition) is 2. The van der Waals surface area contributed by atoms with Gasteiger partial charge in [0.15, 0.2) is 0 Å². The minimum Gasteiger partial charge on any atom is -0.332 e. The Bertz CT molecular complexity index is 527. The van der Waals surface area contributed by atoms with Gasteiger partial charge in [0, 0.05) is 28.8 Å². The molecule has 1 saturated heterocycles. The smallest absolute Gasteiger partial charge is 0.223 e. The molecule has 0 spiro atoms. The van der Waals surface area contributed by atoms with Gasteiger partial charge in [-0.05, 0) is 18.6 Å². The standard InChI is InChI=1S/C14H17Cl3N2OS/c1-2-3-8-6-12(20)19-14(18-8)21-7-9-10(15)4-5-11(16)13(9)17/h4-5,8,14,18H,2-3,6-7H2,1H3,(H,19,20). The number of carbonyl (C=O) groups excluding carboxylic acids is 1. The van der Waals surface area contributed by atoms with Crippen molar-refractivity contribution in [3.05, 3.63) is 32.8 Å². The molecule has 2 rings (SSSR count). The van der Waals surface area contributed by atoms with Crippen LogP contribution in [0.5, 0.6) is 0 Å². The van der Waals surface area contributed by atoms with E-state index in [2.05, 4.69) is 17.6 Å². The number of thioether (sulfide) groups is 1. The number of rotatable bonds is 5. The summed E-state index contributed by atoms with van der Waals surface area (Å²) < 4.78 is 0. The first kappa shape index (κ1) is 17.2. The summed E-state index contributed by atoms with van der Waals surface area (Å²) in [4.78, 5) is 11.7. The van der Waals surface area contributed by atoms with Gasteiger partial charge in [-0.3, -0.25) is 10.1 Å². The van der Waals surface area contributed by atoms with E-state index in [1.165, 1.54) is 0 Å². The minimum absolute atomic E-state index is 0.0768. The van der Waals surface area contributed by atoms with Crippen LogP contribution < -0.4 is 10.6 Å². The SMILES string of the molecule is CCCC1CC(=O)NC(SCc2c(Cl)ccc(Cl)c2Cl)N1. The van der Waals surface area contributed by atoms with E-state index < -0.39 is 0 Å². The Morgan fingerprint density at radius 3 is 2.71 bits per heavy atom. The zero-order valence-electron chi connectivity index (χ0n) is 11.6. The Labute approximate surface area is 144 Å². The lowest BCUT2D eigenvalue weighted by Gasteiger charge is -2.31. The summed E-state index contributed by atoms with van der Waals surface area (Å²) in [5.74, 6) is 0.655. The van der Waals surface area contributed by atoms with Crippen molar-refractivity contribution < 1.29 is 4.79 Å².